The Hall–Kier alpha value is -1.94. The largest absolute Gasteiger partial charge is 0.472 e. The van der Waals surface area contributed by atoms with Crippen molar-refractivity contribution in [3.8, 4) is 0 Å². The monoisotopic (exact) mass is 1520 g/mol. The Morgan fingerprint density at radius 1 is 0.231 bits per heavy atom. The van der Waals surface area contributed by atoms with Gasteiger partial charge in [-0.25, -0.2) is 9.13 Å². The highest BCUT2D eigenvalue weighted by Gasteiger charge is 2.30. The Labute approximate surface area is 638 Å². The summed E-state index contributed by atoms with van der Waals surface area (Å²) in [7, 11) is -9.93. The van der Waals surface area contributed by atoms with E-state index in [9.17, 15) is 43.2 Å². The van der Waals surface area contributed by atoms with Crippen molar-refractivity contribution < 1.29 is 80.2 Å². The summed E-state index contributed by atoms with van der Waals surface area (Å²) in [5.41, 5.74) is 0. The second-order valence-corrected chi connectivity index (χ2v) is 33.5. The number of phosphoric acid groups is 2. The van der Waals surface area contributed by atoms with Crippen LogP contribution in [0, 0.1) is 0 Å². The Morgan fingerprint density at radius 2 is 0.385 bits per heavy atom. The van der Waals surface area contributed by atoms with Gasteiger partial charge in [-0.05, 0) is 25.7 Å². The highest BCUT2D eigenvalue weighted by molar-refractivity contribution is 7.47. The number of hydrogen-bond acceptors (Lipinski definition) is 15. The number of carbonyl (C=O) groups excluding carboxylic acids is 4. The molecular weight excluding hydrogens is 1350 g/mol. The first-order valence-electron chi connectivity index (χ1n) is 44.3. The zero-order valence-corrected chi connectivity index (χ0v) is 69.8. The van der Waals surface area contributed by atoms with Crippen molar-refractivity contribution in [1.29, 1.82) is 0 Å². The van der Waals surface area contributed by atoms with E-state index in [4.69, 9.17) is 37.0 Å². The number of esters is 4. The highest BCUT2D eigenvalue weighted by Crippen LogP contribution is 2.45. The fraction of sp³-hybridized carbons (Fsp3) is 0.953. The van der Waals surface area contributed by atoms with Crippen molar-refractivity contribution in [3.63, 3.8) is 0 Å². The first kappa shape index (κ1) is 102. The number of phosphoric ester groups is 2. The van der Waals surface area contributed by atoms with Gasteiger partial charge in [-0.1, -0.05) is 413 Å². The van der Waals surface area contributed by atoms with Crippen LogP contribution in [0.15, 0.2) is 0 Å². The minimum Gasteiger partial charge on any atom is -0.462 e. The molecule has 0 aromatic rings. The van der Waals surface area contributed by atoms with Crippen LogP contribution in [0.4, 0.5) is 0 Å². The predicted molar refractivity (Wildman–Crippen MR) is 428 cm³/mol. The van der Waals surface area contributed by atoms with Gasteiger partial charge >= 0.3 is 39.5 Å². The zero-order chi connectivity index (χ0) is 76.0. The molecule has 0 bridgehead atoms. The standard InChI is InChI=1S/C85H166O17P2/c1-5-9-13-17-21-25-29-33-36-39-40-41-44-48-52-56-60-64-68-72-85(90)102-81(76-96-83(88)70-66-62-58-54-50-46-42-37-34-30-26-22-18-14-10-6-2)78-100-104(93,94)98-74-79(86)73-97-103(91,92)99-77-80(75-95-82(87)69-65-61-57-53-49-45-32-28-24-20-16-12-8-4)101-84(89)71-67-63-59-55-51-47-43-38-35-31-27-23-19-15-11-7-3/h79-81,86H,5-78H2,1-4H3,(H,91,92)(H,93,94)/t79-,80+,81+/m0/s1. The number of hydrogen-bond donors (Lipinski definition) is 3. The molecule has 0 saturated heterocycles. The Kier molecular flexibility index (Phi) is 77.7. The van der Waals surface area contributed by atoms with Crippen molar-refractivity contribution in [3.05, 3.63) is 0 Å². The summed E-state index contributed by atoms with van der Waals surface area (Å²) in [5.74, 6) is -2.10. The lowest BCUT2D eigenvalue weighted by atomic mass is 10.0. The van der Waals surface area contributed by atoms with Gasteiger partial charge in [0.2, 0.25) is 0 Å². The van der Waals surface area contributed by atoms with Crippen LogP contribution in [0.5, 0.6) is 0 Å². The van der Waals surface area contributed by atoms with Crippen LogP contribution >= 0.6 is 15.6 Å². The Bertz CT molecular complexity index is 1960. The van der Waals surface area contributed by atoms with Crippen LogP contribution in [0.25, 0.3) is 0 Å². The first-order valence-corrected chi connectivity index (χ1v) is 47.3. The van der Waals surface area contributed by atoms with Crippen LogP contribution in [-0.2, 0) is 65.4 Å². The van der Waals surface area contributed by atoms with Crippen molar-refractivity contribution in [2.75, 3.05) is 39.6 Å². The lowest BCUT2D eigenvalue weighted by Gasteiger charge is -2.21. The second-order valence-electron chi connectivity index (χ2n) is 30.6. The minimum absolute atomic E-state index is 0.109. The van der Waals surface area contributed by atoms with E-state index in [1.165, 1.54) is 295 Å². The van der Waals surface area contributed by atoms with Crippen LogP contribution in [0.3, 0.4) is 0 Å². The van der Waals surface area contributed by atoms with E-state index in [1.807, 2.05) is 0 Å². The zero-order valence-electron chi connectivity index (χ0n) is 68.0. The van der Waals surface area contributed by atoms with E-state index in [-0.39, 0.29) is 25.7 Å². The van der Waals surface area contributed by atoms with Gasteiger partial charge in [0.1, 0.15) is 19.3 Å². The van der Waals surface area contributed by atoms with Gasteiger partial charge in [-0.15, -0.1) is 0 Å². The molecule has 618 valence electrons. The number of aliphatic hydroxyl groups is 1. The fourth-order valence-corrected chi connectivity index (χ4v) is 14.9. The van der Waals surface area contributed by atoms with Crippen LogP contribution < -0.4 is 0 Å². The van der Waals surface area contributed by atoms with Gasteiger partial charge in [-0.2, -0.15) is 0 Å². The molecule has 0 spiro atoms. The molecule has 0 aliphatic carbocycles. The van der Waals surface area contributed by atoms with Gasteiger partial charge in [0.05, 0.1) is 26.4 Å². The fourth-order valence-electron chi connectivity index (χ4n) is 13.3. The first-order chi connectivity index (χ1) is 50.7. The number of carbonyl (C=O) groups is 4. The van der Waals surface area contributed by atoms with Crippen molar-refractivity contribution in [2.24, 2.45) is 0 Å². The summed E-state index contributed by atoms with van der Waals surface area (Å²) >= 11 is 0. The molecule has 0 aliphatic heterocycles. The molecule has 0 aromatic carbocycles. The Balaban J connectivity index is 5.26. The molecule has 19 heteroatoms. The number of ether oxygens (including phenoxy) is 4. The van der Waals surface area contributed by atoms with Crippen LogP contribution in [-0.4, -0.2) is 96.7 Å². The molecule has 0 fully saturated rings. The normalized spacial score (nSPS) is 13.7. The summed E-state index contributed by atoms with van der Waals surface area (Å²) in [6, 6.07) is 0. The molecule has 0 saturated carbocycles. The topological polar surface area (TPSA) is 237 Å². The third-order valence-corrected chi connectivity index (χ3v) is 22.0. The van der Waals surface area contributed by atoms with E-state index >= 15 is 0 Å². The maximum atomic E-state index is 13.1. The molecule has 104 heavy (non-hydrogen) atoms. The molecule has 2 unspecified atom stereocenters. The summed E-state index contributed by atoms with van der Waals surface area (Å²) in [4.78, 5) is 73.2. The van der Waals surface area contributed by atoms with E-state index < -0.39 is 97.5 Å². The molecule has 0 radical (unpaired) electrons. The molecule has 0 heterocycles. The third kappa shape index (κ3) is 78.2. The molecule has 3 N–H and O–H groups in total. The molecule has 17 nitrogen and oxygen atoms in total. The van der Waals surface area contributed by atoms with E-state index in [2.05, 4.69) is 27.7 Å². The minimum atomic E-state index is -4.96. The van der Waals surface area contributed by atoms with Gasteiger partial charge in [0.15, 0.2) is 12.2 Å². The van der Waals surface area contributed by atoms with E-state index in [0.29, 0.717) is 25.7 Å². The SMILES string of the molecule is CCCCCCCCCCCCCCCCCCCCCC(=O)O[C@H](COC(=O)CCCCCCCCCCCCCCCCCC)COP(=O)(O)OC[C@@H](O)COP(=O)(O)OC[C@@H](COC(=O)CCCCCCCCCCCCCCC)OC(=O)CCCCCCCCCCCCCCCCCC. The van der Waals surface area contributed by atoms with Gasteiger partial charge < -0.3 is 33.8 Å². The molecule has 0 aliphatic rings. The molecule has 0 aromatic heterocycles. The lowest BCUT2D eigenvalue weighted by molar-refractivity contribution is -0.161. The lowest BCUT2D eigenvalue weighted by Crippen LogP contribution is -2.30. The molecular formula is C85H166O17P2. The maximum absolute atomic E-state index is 13.1. The van der Waals surface area contributed by atoms with Crippen molar-refractivity contribution in [1.82, 2.24) is 0 Å². The average Bonchev–Trinajstić information content (AvgIpc) is 0.916. The van der Waals surface area contributed by atoms with Gasteiger partial charge in [-0.3, -0.25) is 37.3 Å². The van der Waals surface area contributed by atoms with E-state index in [1.54, 1.807) is 0 Å². The molecule has 0 amide bonds. The molecule has 5 atom stereocenters. The van der Waals surface area contributed by atoms with Crippen molar-refractivity contribution in [2.45, 2.75) is 483 Å². The van der Waals surface area contributed by atoms with Crippen LogP contribution in [0.2, 0.25) is 0 Å². The smallest absolute Gasteiger partial charge is 0.462 e. The van der Waals surface area contributed by atoms with Gasteiger partial charge in [0.25, 0.3) is 0 Å². The predicted octanol–water partition coefficient (Wildman–Crippen LogP) is 26.1. The third-order valence-electron chi connectivity index (χ3n) is 20.1. The van der Waals surface area contributed by atoms with E-state index in [0.717, 1.165) is 89.9 Å². The van der Waals surface area contributed by atoms with Crippen LogP contribution in [0.1, 0.15) is 464 Å². The number of unbranched alkanes of at least 4 members (excludes halogenated alkanes) is 60. The number of rotatable bonds is 86. The quantitative estimate of drug-likeness (QED) is 0.0222. The summed E-state index contributed by atoms with van der Waals surface area (Å²) in [5, 5.41) is 10.7. The summed E-state index contributed by atoms with van der Waals surface area (Å²) in [6.07, 6.45) is 73.4. The van der Waals surface area contributed by atoms with Crippen molar-refractivity contribution >= 4 is 39.5 Å². The second kappa shape index (κ2) is 79.2. The number of aliphatic hydroxyl groups excluding tert-OH is 1. The summed E-state index contributed by atoms with van der Waals surface area (Å²) < 4.78 is 68.9. The highest BCUT2D eigenvalue weighted by atomic mass is 31.2. The summed E-state index contributed by atoms with van der Waals surface area (Å²) in [6.45, 7) is 5.07. The maximum Gasteiger partial charge on any atom is 0.472 e. The average molecular weight is 1520 g/mol. The van der Waals surface area contributed by atoms with Gasteiger partial charge in [0, 0.05) is 25.7 Å². The Morgan fingerprint density at radius 3 is 0.567 bits per heavy atom. The molecule has 0 rings (SSSR count).